The van der Waals surface area contributed by atoms with Crippen LogP contribution >= 0.6 is 0 Å². The van der Waals surface area contributed by atoms with Crippen LogP contribution in [0, 0.1) is 0 Å². The minimum absolute atomic E-state index is 0.340. The van der Waals surface area contributed by atoms with Crippen LogP contribution < -0.4 is 10.1 Å². The molecule has 1 aliphatic rings. The van der Waals surface area contributed by atoms with E-state index < -0.39 is 10.0 Å². The van der Waals surface area contributed by atoms with Crippen LogP contribution in [-0.2, 0) is 16.6 Å². The molecule has 0 atom stereocenters. The van der Waals surface area contributed by atoms with Crippen LogP contribution in [-0.4, -0.2) is 33.6 Å². The second-order valence-electron chi connectivity index (χ2n) is 4.75. The topological polar surface area (TPSA) is 61.4 Å². The van der Waals surface area contributed by atoms with Crippen molar-refractivity contribution < 1.29 is 8.42 Å². The van der Waals surface area contributed by atoms with Crippen molar-refractivity contribution in [2.45, 2.75) is 30.3 Å². The first-order chi connectivity index (χ1) is 8.49. The van der Waals surface area contributed by atoms with Crippen molar-refractivity contribution >= 4 is 10.0 Å². The van der Waals surface area contributed by atoms with E-state index in [2.05, 4.69) is 10.1 Å². The Morgan fingerprint density at radius 2 is 1.94 bits per heavy atom. The number of benzene rings is 1. The van der Waals surface area contributed by atoms with Gasteiger partial charge in [-0.2, -0.15) is 0 Å². The minimum atomic E-state index is -3.48. The highest BCUT2D eigenvalue weighted by molar-refractivity contribution is 7.89. The summed E-state index contributed by atoms with van der Waals surface area (Å²) >= 11 is 0. The molecule has 0 aromatic heterocycles. The molecule has 5 nitrogen and oxygen atoms in total. The van der Waals surface area contributed by atoms with Crippen molar-refractivity contribution in [1.82, 2.24) is 15.2 Å². The van der Waals surface area contributed by atoms with E-state index in [0.717, 1.165) is 5.56 Å². The van der Waals surface area contributed by atoms with Gasteiger partial charge < -0.3 is 5.32 Å². The number of rotatable bonds is 6. The molecule has 1 fully saturated rings. The lowest BCUT2D eigenvalue weighted by molar-refractivity contribution is 0.363. The molecule has 2 rings (SSSR count). The zero-order valence-electron chi connectivity index (χ0n) is 10.7. The minimum Gasteiger partial charge on any atom is -0.310 e. The summed E-state index contributed by atoms with van der Waals surface area (Å²) < 4.78 is 24.3. The van der Waals surface area contributed by atoms with Gasteiger partial charge in [0, 0.05) is 26.7 Å². The number of nitrogens with zero attached hydrogens (tertiary/aromatic N) is 1. The molecular formula is C12H19N3O2S. The monoisotopic (exact) mass is 269 g/mol. The lowest BCUT2D eigenvalue weighted by Crippen LogP contribution is -2.36. The molecule has 0 heterocycles. The van der Waals surface area contributed by atoms with Crippen molar-refractivity contribution in [3.05, 3.63) is 29.8 Å². The third-order valence-electron chi connectivity index (χ3n) is 2.72. The second kappa shape index (κ2) is 5.36. The van der Waals surface area contributed by atoms with Gasteiger partial charge >= 0.3 is 0 Å². The molecule has 6 heteroatoms. The molecule has 100 valence electrons. The lowest BCUT2D eigenvalue weighted by Gasteiger charge is -2.15. The van der Waals surface area contributed by atoms with Crippen molar-refractivity contribution in [3.8, 4) is 0 Å². The predicted molar refractivity (Wildman–Crippen MR) is 70.3 cm³/mol. The van der Waals surface area contributed by atoms with E-state index in [9.17, 15) is 8.42 Å². The van der Waals surface area contributed by atoms with E-state index in [1.807, 2.05) is 12.1 Å². The summed E-state index contributed by atoms with van der Waals surface area (Å²) in [5.41, 5.74) is 0.804. The standard InChI is InChI=1S/C12H19N3O2S/c1-15(2)14-18(16,17)12-6-4-3-5-10(12)9-13-11-7-8-11/h3-6,11,13-14H,7-9H2,1-2H3. The van der Waals surface area contributed by atoms with Crippen LogP contribution in [0.25, 0.3) is 0 Å². The molecule has 1 aromatic rings. The highest BCUT2D eigenvalue weighted by Gasteiger charge is 2.23. The van der Waals surface area contributed by atoms with Crippen LogP contribution in [0.1, 0.15) is 18.4 Å². The van der Waals surface area contributed by atoms with E-state index in [-0.39, 0.29) is 0 Å². The summed E-state index contributed by atoms with van der Waals surface area (Å²) in [6.45, 7) is 0.592. The summed E-state index contributed by atoms with van der Waals surface area (Å²) in [5, 5.41) is 4.76. The van der Waals surface area contributed by atoms with Gasteiger partial charge in [0.15, 0.2) is 0 Å². The highest BCUT2D eigenvalue weighted by atomic mass is 32.2. The van der Waals surface area contributed by atoms with Crippen LogP contribution in [0.15, 0.2) is 29.2 Å². The van der Waals surface area contributed by atoms with E-state index >= 15 is 0 Å². The summed E-state index contributed by atoms with van der Waals surface area (Å²) in [5.74, 6) is 0. The molecule has 1 aromatic carbocycles. The van der Waals surface area contributed by atoms with Crippen LogP contribution in [0.2, 0.25) is 0 Å². The Labute approximate surface area is 108 Å². The van der Waals surface area contributed by atoms with Gasteiger partial charge in [0.25, 0.3) is 10.0 Å². The van der Waals surface area contributed by atoms with Gasteiger partial charge in [0.05, 0.1) is 4.90 Å². The summed E-state index contributed by atoms with van der Waals surface area (Å²) in [6.07, 6.45) is 2.37. The summed E-state index contributed by atoms with van der Waals surface area (Å²) in [6, 6.07) is 7.64. The van der Waals surface area contributed by atoms with Crippen molar-refractivity contribution in [2.24, 2.45) is 0 Å². The molecule has 2 N–H and O–H groups in total. The van der Waals surface area contributed by atoms with Gasteiger partial charge in [-0.1, -0.05) is 18.2 Å². The molecule has 0 radical (unpaired) electrons. The summed E-state index contributed by atoms with van der Waals surface area (Å²) in [7, 11) is -0.171. The first kappa shape index (κ1) is 13.5. The van der Waals surface area contributed by atoms with E-state index in [1.165, 1.54) is 17.9 Å². The number of hydrazine groups is 1. The van der Waals surface area contributed by atoms with Gasteiger partial charge in [-0.15, -0.1) is 4.83 Å². The molecule has 18 heavy (non-hydrogen) atoms. The molecule has 0 spiro atoms. The fourth-order valence-corrected chi connectivity index (χ4v) is 3.07. The Kier molecular flexibility index (Phi) is 4.01. The van der Waals surface area contributed by atoms with E-state index in [0.29, 0.717) is 17.5 Å². The molecule has 0 amide bonds. The number of hydrogen-bond acceptors (Lipinski definition) is 4. The second-order valence-corrected chi connectivity index (χ2v) is 6.38. The molecule has 0 aliphatic heterocycles. The first-order valence-corrected chi connectivity index (χ1v) is 7.48. The van der Waals surface area contributed by atoms with Crippen molar-refractivity contribution in [1.29, 1.82) is 0 Å². The maximum atomic E-state index is 12.1. The predicted octanol–water partition coefficient (Wildman–Crippen LogP) is 0.693. The number of hydrogen-bond donors (Lipinski definition) is 2. The van der Waals surface area contributed by atoms with Crippen LogP contribution in [0.3, 0.4) is 0 Å². The fraction of sp³-hybridized carbons (Fsp3) is 0.500. The molecule has 0 bridgehead atoms. The summed E-state index contributed by atoms with van der Waals surface area (Å²) in [4.78, 5) is 2.80. The molecule has 1 saturated carbocycles. The number of sulfonamides is 1. The SMILES string of the molecule is CN(C)NS(=O)(=O)c1ccccc1CNC1CC1. The zero-order valence-corrected chi connectivity index (χ0v) is 11.5. The normalized spacial score (nSPS) is 16.2. The van der Waals surface area contributed by atoms with E-state index in [4.69, 9.17) is 0 Å². The van der Waals surface area contributed by atoms with Gasteiger partial charge in [0.2, 0.25) is 0 Å². The van der Waals surface area contributed by atoms with Gasteiger partial charge in [-0.3, -0.25) is 0 Å². The molecule has 1 aliphatic carbocycles. The van der Waals surface area contributed by atoms with Gasteiger partial charge in [-0.25, -0.2) is 13.4 Å². The smallest absolute Gasteiger partial charge is 0.253 e. The van der Waals surface area contributed by atoms with E-state index in [1.54, 1.807) is 26.2 Å². The Morgan fingerprint density at radius 1 is 1.28 bits per heavy atom. The molecule has 0 unspecified atom stereocenters. The zero-order chi connectivity index (χ0) is 13.2. The average molecular weight is 269 g/mol. The molecule has 0 saturated heterocycles. The third kappa shape index (κ3) is 3.52. The highest BCUT2D eigenvalue weighted by Crippen LogP contribution is 2.21. The van der Waals surface area contributed by atoms with Gasteiger partial charge in [-0.05, 0) is 24.5 Å². The molecular weight excluding hydrogens is 250 g/mol. The lowest BCUT2D eigenvalue weighted by atomic mass is 10.2. The largest absolute Gasteiger partial charge is 0.310 e. The average Bonchev–Trinajstić information content (AvgIpc) is 3.08. The first-order valence-electron chi connectivity index (χ1n) is 6.00. The van der Waals surface area contributed by atoms with Crippen molar-refractivity contribution in [3.63, 3.8) is 0 Å². The number of nitrogens with one attached hydrogen (secondary N) is 2. The maximum Gasteiger partial charge on any atom is 0.253 e. The Hall–Kier alpha value is -0.950. The van der Waals surface area contributed by atoms with Crippen LogP contribution in [0.5, 0.6) is 0 Å². The van der Waals surface area contributed by atoms with Crippen molar-refractivity contribution in [2.75, 3.05) is 14.1 Å². The fourth-order valence-electron chi connectivity index (χ4n) is 1.74. The maximum absolute atomic E-state index is 12.1. The quantitative estimate of drug-likeness (QED) is 0.746. The van der Waals surface area contributed by atoms with Crippen LogP contribution in [0.4, 0.5) is 0 Å². The Balaban J connectivity index is 2.19. The Morgan fingerprint density at radius 3 is 2.56 bits per heavy atom. The third-order valence-corrected chi connectivity index (χ3v) is 4.31. The van der Waals surface area contributed by atoms with Gasteiger partial charge in [0.1, 0.15) is 0 Å². The Bertz CT molecular complexity index is 510.